The predicted octanol–water partition coefficient (Wildman–Crippen LogP) is 2.61. The first-order valence-corrected chi connectivity index (χ1v) is 7.19. The predicted molar refractivity (Wildman–Crippen MR) is 81.2 cm³/mol. The molecule has 0 amide bonds. The van der Waals surface area contributed by atoms with Crippen LogP contribution in [0.25, 0.3) is 11.2 Å². The fourth-order valence-corrected chi connectivity index (χ4v) is 2.44. The minimum absolute atomic E-state index is 0.349. The summed E-state index contributed by atoms with van der Waals surface area (Å²) in [6, 6.07) is 2.27. The summed E-state index contributed by atoms with van der Waals surface area (Å²) < 4.78 is 7.28. The van der Waals surface area contributed by atoms with Crippen LogP contribution in [-0.4, -0.2) is 53.3 Å². The van der Waals surface area contributed by atoms with Crippen molar-refractivity contribution >= 4 is 22.8 Å². The van der Waals surface area contributed by atoms with E-state index >= 15 is 0 Å². The van der Waals surface area contributed by atoms with Crippen LogP contribution in [0.1, 0.15) is 19.4 Å². The molecule has 0 radical (unpaired) electrons. The van der Waals surface area contributed by atoms with Gasteiger partial charge in [0.25, 0.3) is 0 Å². The lowest BCUT2D eigenvalue weighted by Crippen LogP contribution is -2.30. The Hall–Kier alpha value is -1.17. The van der Waals surface area contributed by atoms with Crippen molar-refractivity contribution in [3.63, 3.8) is 0 Å². The summed E-state index contributed by atoms with van der Waals surface area (Å²) in [5, 5.41) is 0.641. The number of imidazole rings is 1. The van der Waals surface area contributed by atoms with Crippen LogP contribution in [0.3, 0.4) is 0 Å². The highest BCUT2D eigenvalue weighted by atomic mass is 35.5. The maximum atomic E-state index is 6.04. The molecule has 0 aromatic carbocycles. The zero-order valence-corrected chi connectivity index (χ0v) is 13.0. The van der Waals surface area contributed by atoms with E-state index in [-0.39, 0.29) is 0 Å². The summed E-state index contributed by atoms with van der Waals surface area (Å²) in [4.78, 5) is 10.9. The number of nitrogens with zero attached hydrogens (tertiary/aromatic N) is 4. The van der Waals surface area contributed by atoms with Crippen LogP contribution in [0.4, 0.5) is 0 Å². The van der Waals surface area contributed by atoms with Gasteiger partial charge < -0.3 is 14.2 Å². The minimum Gasteiger partial charge on any atom is -0.383 e. The van der Waals surface area contributed by atoms with E-state index in [4.69, 9.17) is 16.3 Å². The molecule has 0 fully saturated rings. The van der Waals surface area contributed by atoms with Crippen LogP contribution < -0.4 is 0 Å². The van der Waals surface area contributed by atoms with E-state index in [1.165, 1.54) is 0 Å². The molecule has 110 valence electrons. The lowest BCUT2D eigenvalue weighted by molar-refractivity contribution is 0.152. The fourth-order valence-electron chi connectivity index (χ4n) is 2.29. The number of methoxy groups -OCH3 is 1. The number of hydrogen-bond donors (Lipinski definition) is 0. The molecule has 20 heavy (non-hydrogen) atoms. The third-order valence-corrected chi connectivity index (χ3v) is 3.67. The van der Waals surface area contributed by atoms with Crippen LogP contribution in [0.15, 0.2) is 18.6 Å². The molecule has 1 atom stereocenters. The zero-order chi connectivity index (χ0) is 14.5. The van der Waals surface area contributed by atoms with Crippen molar-refractivity contribution in [1.82, 2.24) is 19.4 Å². The molecule has 2 heterocycles. The van der Waals surface area contributed by atoms with Gasteiger partial charge in [-0.3, -0.25) is 0 Å². The van der Waals surface area contributed by atoms with Crippen LogP contribution in [-0.2, 0) is 4.74 Å². The Balaban J connectivity index is 2.18. The number of pyridine rings is 1. The second-order valence-electron chi connectivity index (χ2n) is 4.97. The second-order valence-corrected chi connectivity index (χ2v) is 5.40. The SMILES string of the molecule is CC[C@H](CN(C)CCOC)n1cnc2ncc(Cl)cc21. The Morgan fingerprint density at radius 1 is 1.45 bits per heavy atom. The van der Waals surface area contributed by atoms with E-state index in [2.05, 4.69) is 33.4 Å². The molecular weight excluding hydrogens is 276 g/mol. The molecule has 2 rings (SSSR count). The van der Waals surface area contributed by atoms with Crippen molar-refractivity contribution in [2.24, 2.45) is 0 Å². The van der Waals surface area contributed by atoms with Gasteiger partial charge >= 0.3 is 0 Å². The van der Waals surface area contributed by atoms with Gasteiger partial charge in [-0.25, -0.2) is 9.97 Å². The first kappa shape index (κ1) is 15.2. The van der Waals surface area contributed by atoms with Crippen molar-refractivity contribution in [1.29, 1.82) is 0 Å². The number of fused-ring (bicyclic) bond motifs is 1. The van der Waals surface area contributed by atoms with Crippen molar-refractivity contribution < 1.29 is 4.74 Å². The largest absolute Gasteiger partial charge is 0.383 e. The van der Waals surface area contributed by atoms with Crippen LogP contribution in [0.5, 0.6) is 0 Å². The molecule has 0 spiro atoms. The van der Waals surface area contributed by atoms with E-state index in [9.17, 15) is 0 Å². The normalized spacial score (nSPS) is 13.2. The van der Waals surface area contributed by atoms with Crippen molar-refractivity contribution in [2.75, 3.05) is 33.9 Å². The monoisotopic (exact) mass is 296 g/mol. The molecule has 0 saturated heterocycles. The Labute approximate surface area is 124 Å². The van der Waals surface area contributed by atoms with Crippen LogP contribution in [0, 0.1) is 0 Å². The topological polar surface area (TPSA) is 43.2 Å². The maximum Gasteiger partial charge on any atom is 0.177 e. The third kappa shape index (κ3) is 3.48. The number of hydrogen-bond acceptors (Lipinski definition) is 4. The maximum absolute atomic E-state index is 6.04. The van der Waals surface area contributed by atoms with Gasteiger partial charge in [0.15, 0.2) is 5.65 Å². The van der Waals surface area contributed by atoms with Gasteiger partial charge in [0, 0.05) is 32.4 Å². The van der Waals surface area contributed by atoms with Gasteiger partial charge in [0.05, 0.1) is 23.5 Å². The van der Waals surface area contributed by atoms with E-state index in [0.717, 1.165) is 37.3 Å². The van der Waals surface area contributed by atoms with E-state index in [0.29, 0.717) is 11.1 Å². The molecule has 6 heteroatoms. The average molecular weight is 297 g/mol. The van der Waals surface area contributed by atoms with Gasteiger partial charge in [0.2, 0.25) is 0 Å². The first-order chi connectivity index (χ1) is 9.65. The summed E-state index contributed by atoms with van der Waals surface area (Å²) >= 11 is 6.04. The number of aromatic nitrogens is 3. The zero-order valence-electron chi connectivity index (χ0n) is 12.2. The fraction of sp³-hybridized carbons (Fsp3) is 0.571. The van der Waals surface area contributed by atoms with E-state index in [1.807, 2.05) is 12.4 Å². The molecule has 5 nitrogen and oxygen atoms in total. The van der Waals surface area contributed by atoms with Gasteiger partial charge in [0.1, 0.15) is 0 Å². The summed E-state index contributed by atoms with van der Waals surface area (Å²) in [5.41, 5.74) is 1.73. The van der Waals surface area contributed by atoms with Gasteiger partial charge in [-0.15, -0.1) is 0 Å². The first-order valence-electron chi connectivity index (χ1n) is 6.81. The number of ether oxygens (including phenoxy) is 1. The van der Waals surface area contributed by atoms with Crippen molar-refractivity contribution in [3.8, 4) is 0 Å². The highest BCUT2D eigenvalue weighted by Gasteiger charge is 2.15. The molecule has 0 aliphatic carbocycles. The smallest absolute Gasteiger partial charge is 0.177 e. The van der Waals surface area contributed by atoms with E-state index < -0.39 is 0 Å². The number of rotatable bonds is 7. The second kappa shape index (κ2) is 7.02. The Bertz CT molecular complexity index is 557. The molecule has 0 aliphatic rings. The molecule has 0 saturated carbocycles. The van der Waals surface area contributed by atoms with Crippen molar-refractivity contribution in [2.45, 2.75) is 19.4 Å². The van der Waals surface area contributed by atoms with Gasteiger partial charge in [-0.05, 0) is 19.5 Å². The lowest BCUT2D eigenvalue weighted by Gasteiger charge is -2.24. The molecule has 0 unspecified atom stereocenters. The summed E-state index contributed by atoms with van der Waals surface area (Å²) in [6.45, 7) is 4.78. The standard InChI is InChI=1S/C14H21ClN4O/c1-4-12(9-18(2)5-6-20-3)19-10-17-14-13(19)7-11(15)8-16-14/h7-8,10,12H,4-6,9H2,1-3H3/t12-/m1/s1. The highest BCUT2D eigenvalue weighted by molar-refractivity contribution is 6.31. The summed E-state index contributed by atoms with van der Waals surface area (Å²) in [5.74, 6) is 0. The molecule has 0 bridgehead atoms. The van der Waals surface area contributed by atoms with Crippen molar-refractivity contribution in [3.05, 3.63) is 23.6 Å². The summed E-state index contributed by atoms with van der Waals surface area (Å²) in [7, 11) is 3.83. The Morgan fingerprint density at radius 3 is 2.95 bits per heavy atom. The Kier molecular flexibility index (Phi) is 5.34. The number of halogens is 1. The van der Waals surface area contributed by atoms with Gasteiger partial charge in [-0.2, -0.15) is 0 Å². The molecule has 2 aromatic heterocycles. The molecule has 0 aliphatic heterocycles. The highest BCUT2D eigenvalue weighted by Crippen LogP contribution is 2.22. The third-order valence-electron chi connectivity index (χ3n) is 3.46. The quantitative estimate of drug-likeness (QED) is 0.788. The average Bonchev–Trinajstić information content (AvgIpc) is 2.85. The lowest BCUT2D eigenvalue weighted by atomic mass is 10.2. The van der Waals surface area contributed by atoms with Gasteiger partial charge in [-0.1, -0.05) is 18.5 Å². The van der Waals surface area contributed by atoms with E-state index in [1.54, 1.807) is 13.3 Å². The van der Waals surface area contributed by atoms with Crippen LogP contribution in [0.2, 0.25) is 5.02 Å². The molecule has 0 N–H and O–H groups in total. The molecule has 2 aromatic rings. The minimum atomic E-state index is 0.349. The summed E-state index contributed by atoms with van der Waals surface area (Å²) in [6.07, 6.45) is 4.51. The Morgan fingerprint density at radius 2 is 2.25 bits per heavy atom. The number of likely N-dealkylation sites (N-methyl/N-ethyl adjacent to an activating group) is 1. The molecular formula is C14H21ClN4O. The van der Waals surface area contributed by atoms with Crippen LogP contribution >= 0.6 is 11.6 Å².